The van der Waals surface area contributed by atoms with Gasteiger partial charge in [-0.25, -0.2) is 4.79 Å². The number of carbonyl (C=O) groups excluding carboxylic acids is 3. The second-order valence-electron chi connectivity index (χ2n) is 10.5. The predicted molar refractivity (Wildman–Crippen MR) is 151 cm³/mol. The zero-order valence-corrected chi connectivity index (χ0v) is 23.4. The molecule has 0 aromatic heterocycles. The molecule has 2 aromatic rings. The van der Waals surface area contributed by atoms with Gasteiger partial charge in [-0.1, -0.05) is 24.3 Å². The minimum Gasteiger partial charge on any atom is -0.495 e. The molecule has 1 saturated carbocycles. The maximum absolute atomic E-state index is 13.4. The topological polar surface area (TPSA) is 100 Å². The van der Waals surface area contributed by atoms with Crippen molar-refractivity contribution in [2.24, 2.45) is 5.92 Å². The SMILES string of the molecule is COC(=O)C1CCC(N(C)C2CCCN2C(=O)Cc2ccc(NC(=O)Nc3ccccc3C)c(OC)c2)CC1. The highest BCUT2D eigenvalue weighted by atomic mass is 16.5. The monoisotopic (exact) mass is 536 g/mol. The van der Waals surface area contributed by atoms with Gasteiger partial charge in [-0.05, 0) is 81.8 Å². The number of hydrogen-bond donors (Lipinski definition) is 2. The van der Waals surface area contributed by atoms with Gasteiger partial charge in [0.2, 0.25) is 5.91 Å². The molecule has 1 heterocycles. The van der Waals surface area contributed by atoms with Crippen molar-refractivity contribution in [3.63, 3.8) is 0 Å². The highest BCUT2D eigenvalue weighted by Gasteiger charge is 2.37. The summed E-state index contributed by atoms with van der Waals surface area (Å²) in [6.07, 6.45) is 5.74. The van der Waals surface area contributed by atoms with Crippen LogP contribution in [0.25, 0.3) is 0 Å². The summed E-state index contributed by atoms with van der Waals surface area (Å²) in [5.41, 5.74) is 3.06. The third kappa shape index (κ3) is 6.89. The number of carbonyl (C=O) groups is 3. The van der Waals surface area contributed by atoms with Gasteiger partial charge in [0.25, 0.3) is 0 Å². The Hall–Kier alpha value is -3.59. The molecule has 1 aliphatic carbocycles. The number of benzene rings is 2. The molecule has 2 fully saturated rings. The molecule has 0 bridgehead atoms. The number of urea groups is 1. The Morgan fingerprint density at radius 1 is 0.974 bits per heavy atom. The quantitative estimate of drug-likeness (QED) is 0.470. The summed E-state index contributed by atoms with van der Waals surface area (Å²) in [5, 5.41) is 5.69. The Balaban J connectivity index is 1.35. The van der Waals surface area contributed by atoms with Crippen LogP contribution in [0.5, 0.6) is 5.75 Å². The second-order valence-corrected chi connectivity index (χ2v) is 10.5. The average Bonchev–Trinajstić information content (AvgIpc) is 3.44. The fraction of sp³-hybridized carbons (Fsp3) is 0.500. The van der Waals surface area contributed by atoms with E-state index in [4.69, 9.17) is 9.47 Å². The van der Waals surface area contributed by atoms with Crippen molar-refractivity contribution >= 4 is 29.3 Å². The number of anilines is 2. The van der Waals surface area contributed by atoms with E-state index in [0.29, 0.717) is 17.5 Å². The number of rotatable bonds is 8. The Labute approximate surface area is 230 Å². The zero-order chi connectivity index (χ0) is 27.9. The number of nitrogens with zero attached hydrogens (tertiary/aromatic N) is 2. The smallest absolute Gasteiger partial charge is 0.323 e. The Bertz CT molecular complexity index is 1180. The third-order valence-electron chi connectivity index (χ3n) is 8.08. The van der Waals surface area contributed by atoms with Gasteiger partial charge in [0.1, 0.15) is 5.75 Å². The molecule has 39 heavy (non-hydrogen) atoms. The van der Waals surface area contributed by atoms with E-state index in [9.17, 15) is 14.4 Å². The van der Waals surface area contributed by atoms with Crippen LogP contribution >= 0.6 is 0 Å². The highest BCUT2D eigenvalue weighted by Crippen LogP contribution is 2.32. The lowest BCUT2D eigenvalue weighted by Gasteiger charge is -2.40. The molecule has 1 aliphatic heterocycles. The molecule has 0 radical (unpaired) electrons. The van der Waals surface area contributed by atoms with Crippen LogP contribution in [0, 0.1) is 12.8 Å². The number of hydrogen-bond acceptors (Lipinski definition) is 6. The van der Waals surface area contributed by atoms with Crippen molar-refractivity contribution in [2.75, 3.05) is 38.4 Å². The Morgan fingerprint density at radius 3 is 2.38 bits per heavy atom. The number of esters is 1. The van der Waals surface area contributed by atoms with Crippen molar-refractivity contribution in [2.45, 2.75) is 64.1 Å². The fourth-order valence-electron chi connectivity index (χ4n) is 5.81. The van der Waals surface area contributed by atoms with Gasteiger partial charge in [0.05, 0.1) is 38.4 Å². The summed E-state index contributed by atoms with van der Waals surface area (Å²) in [5.74, 6) is 0.449. The molecule has 2 aromatic carbocycles. The largest absolute Gasteiger partial charge is 0.495 e. The van der Waals surface area contributed by atoms with E-state index in [2.05, 4.69) is 22.6 Å². The number of methoxy groups -OCH3 is 2. The Morgan fingerprint density at radius 2 is 1.69 bits per heavy atom. The van der Waals surface area contributed by atoms with Gasteiger partial charge in [-0.3, -0.25) is 14.5 Å². The van der Waals surface area contributed by atoms with Gasteiger partial charge < -0.3 is 25.0 Å². The number of amides is 3. The summed E-state index contributed by atoms with van der Waals surface area (Å²) < 4.78 is 10.5. The van der Waals surface area contributed by atoms with Crippen molar-refractivity contribution in [3.05, 3.63) is 53.6 Å². The van der Waals surface area contributed by atoms with Crippen LogP contribution < -0.4 is 15.4 Å². The van der Waals surface area contributed by atoms with Gasteiger partial charge in [0.15, 0.2) is 0 Å². The second kappa shape index (κ2) is 13.0. The standard InChI is InChI=1S/C30H40N4O5/c1-20-8-5-6-9-24(20)31-30(37)32-25-16-11-21(18-26(25)38-3)19-28(35)34-17-7-10-27(34)33(2)23-14-12-22(13-15-23)29(36)39-4/h5-6,8-9,11,16,18,22-23,27H,7,10,12-15,17,19H2,1-4H3,(H2,31,32,37). The van der Waals surface area contributed by atoms with Crippen LogP contribution in [0.4, 0.5) is 16.2 Å². The first-order valence-corrected chi connectivity index (χ1v) is 13.7. The molecular formula is C30H40N4O5. The van der Waals surface area contributed by atoms with Crippen molar-refractivity contribution in [1.29, 1.82) is 0 Å². The van der Waals surface area contributed by atoms with Crippen LogP contribution in [-0.4, -0.2) is 67.7 Å². The predicted octanol–water partition coefficient (Wildman–Crippen LogP) is 4.80. The van der Waals surface area contributed by atoms with Crippen molar-refractivity contribution in [1.82, 2.24) is 9.80 Å². The summed E-state index contributed by atoms with van der Waals surface area (Å²) in [7, 11) is 5.10. The van der Waals surface area contributed by atoms with E-state index < -0.39 is 0 Å². The Kier molecular flexibility index (Phi) is 9.45. The van der Waals surface area contributed by atoms with E-state index in [1.54, 1.807) is 13.2 Å². The third-order valence-corrected chi connectivity index (χ3v) is 8.08. The van der Waals surface area contributed by atoms with Crippen molar-refractivity contribution < 1.29 is 23.9 Å². The first-order chi connectivity index (χ1) is 18.8. The maximum Gasteiger partial charge on any atom is 0.323 e. The summed E-state index contributed by atoms with van der Waals surface area (Å²) >= 11 is 0. The average molecular weight is 537 g/mol. The zero-order valence-electron chi connectivity index (χ0n) is 23.4. The molecular weight excluding hydrogens is 496 g/mol. The van der Waals surface area contributed by atoms with Crippen LogP contribution in [0.1, 0.15) is 49.7 Å². The number of aryl methyl sites for hydroxylation is 1. The molecule has 9 nitrogen and oxygen atoms in total. The van der Waals surface area contributed by atoms with E-state index >= 15 is 0 Å². The lowest BCUT2D eigenvalue weighted by Crippen LogP contribution is -2.51. The molecule has 0 spiro atoms. The summed E-state index contributed by atoms with van der Waals surface area (Å²) in [4.78, 5) is 42.2. The van der Waals surface area contributed by atoms with E-state index in [1.165, 1.54) is 7.11 Å². The lowest BCUT2D eigenvalue weighted by molar-refractivity contribution is -0.147. The fourth-order valence-corrected chi connectivity index (χ4v) is 5.81. The lowest BCUT2D eigenvalue weighted by atomic mass is 9.85. The van der Waals surface area contributed by atoms with E-state index in [0.717, 1.165) is 61.9 Å². The van der Waals surface area contributed by atoms with Crippen molar-refractivity contribution in [3.8, 4) is 5.75 Å². The normalized spacial score (nSPS) is 20.9. The number of nitrogens with one attached hydrogen (secondary N) is 2. The molecule has 1 atom stereocenters. The molecule has 1 saturated heterocycles. The number of para-hydroxylation sites is 1. The maximum atomic E-state index is 13.4. The van der Waals surface area contributed by atoms with Gasteiger partial charge >= 0.3 is 12.0 Å². The minimum atomic E-state index is -0.366. The molecule has 4 rings (SSSR count). The minimum absolute atomic E-state index is 0.0121. The van der Waals surface area contributed by atoms with E-state index in [1.807, 2.05) is 48.2 Å². The molecule has 1 unspecified atom stereocenters. The molecule has 2 aliphatic rings. The molecule has 3 amide bonds. The highest BCUT2D eigenvalue weighted by molar-refractivity contribution is 6.01. The van der Waals surface area contributed by atoms with Gasteiger partial charge in [-0.15, -0.1) is 0 Å². The first-order valence-electron chi connectivity index (χ1n) is 13.7. The first kappa shape index (κ1) is 28.4. The van der Waals surface area contributed by atoms with Crippen LogP contribution in [0.15, 0.2) is 42.5 Å². The molecule has 210 valence electrons. The van der Waals surface area contributed by atoms with Crippen LogP contribution in [-0.2, 0) is 20.7 Å². The number of ether oxygens (including phenoxy) is 2. The summed E-state index contributed by atoms with van der Waals surface area (Å²) in [6, 6.07) is 13.0. The summed E-state index contributed by atoms with van der Waals surface area (Å²) in [6.45, 7) is 2.67. The van der Waals surface area contributed by atoms with Crippen LogP contribution in [0.2, 0.25) is 0 Å². The van der Waals surface area contributed by atoms with Gasteiger partial charge in [-0.2, -0.15) is 0 Å². The molecule has 2 N–H and O–H groups in total. The van der Waals surface area contributed by atoms with Gasteiger partial charge in [0, 0.05) is 18.3 Å². The van der Waals surface area contributed by atoms with Crippen LogP contribution in [0.3, 0.4) is 0 Å². The molecule has 9 heteroatoms. The van der Waals surface area contributed by atoms with E-state index in [-0.39, 0.29) is 36.4 Å². The number of likely N-dealkylation sites (tertiary alicyclic amines) is 1.